The van der Waals surface area contributed by atoms with Crippen LogP contribution in [-0.2, 0) is 29.1 Å². The van der Waals surface area contributed by atoms with Gasteiger partial charge in [-0.1, -0.05) is 18.2 Å². The Kier molecular flexibility index (Phi) is 6.12. The summed E-state index contributed by atoms with van der Waals surface area (Å²) in [4.78, 5) is 14.6. The maximum atomic E-state index is 12.8. The number of benzene rings is 2. The molecule has 1 aliphatic heterocycles. The van der Waals surface area contributed by atoms with Gasteiger partial charge in [0.2, 0.25) is 5.91 Å². The van der Waals surface area contributed by atoms with Gasteiger partial charge in [-0.2, -0.15) is 0 Å². The number of nitrogens with zero attached hydrogens (tertiary/aromatic N) is 1. The van der Waals surface area contributed by atoms with Crippen LogP contribution >= 0.6 is 0 Å². The average Bonchev–Trinajstić information content (AvgIpc) is 2.89. The Bertz CT molecular complexity index is 742. The van der Waals surface area contributed by atoms with Gasteiger partial charge in [0, 0.05) is 18.7 Å². The van der Waals surface area contributed by atoms with Gasteiger partial charge in [-0.3, -0.25) is 4.79 Å². The zero-order chi connectivity index (χ0) is 18.4. The molecule has 0 N–H and O–H groups in total. The summed E-state index contributed by atoms with van der Waals surface area (Å²) in [5.41, 5.74) is 3.10. The molecule has 5 heteroatoms. The van der Waals surface area contributed by atoms with E-state index in [1.807, 2.05) is 48.2 Å². The number of fused-ring (bicyclic) bond motifs is 1. The van der Waals surface area contributed by atoms with E-state index in [0.29, 0.717) is 39.3 Å². The molecule has 0 atom stereocenters. The maximum Gasteiger partial charge on any atom is 0.227 e. The van der Waals surface area contributed by atoms with Crippen molar-refractivity contribution < 1.29 is 19.0 Å². The van der Waals surface area contributed by atoms with Crippen molar-refractivity contribution in [2.24, 2.45) is 0 Å². The van der Waals surface area contributed by atoms with Crippen molar-refractivity contribution in [3.63, 3.8) is 0 Å². The van der Waals surface area contributed by atoms with E-state index in [9.17, 15) is 4.79 Å². The van der Waals surface area contributed by atoms with Crippen molar-refractivity contribution in [1.82, 2.24) is 4.90 Å². The van der Waals surface area contributed by atoms with Crippen LogP contribution in [0.4, 0.5) is 0 Å². The van der Waals surface area contributed by atoms with Crippen molar-refractivity contribution in [1.29, 1.82) is 0 Å². The molecular weight excluding hydrogens is 330 g/mol. The highest BCUT2D eigenvalue weighted by Crippen LogP contribution is 2.25. The number of carbonyl (C=O) groups is 1. The molecule has 26 heavy (non-hydrogen) atoms. The predicted molar refractivity (Wildman–Crippen MR) is 99.4 cm³/mol. The van der Waals surface area contributed by atoms with Crippen LogP contribution in [0.25, 0.3) is 0 Å². The highest BCUT2D eigenvalue weighted by molar-refractivity contribution is 5.79. The molecular formula is C21H25NO4. The highest BCUT2D eigenvalue weighted by Gasteiger charge is 2.20. The zero-order valence-corrected chi connectivity index (χ0v) is 15.4. The standard InChI is InChI=1S/C21H25NO4/c1-3-25-15-17-6-9-20-18(12-17)14-22(10-11-26-20)21(23)13-16-4-7-19(24-2)8-5-16/h4-9,12H,3,10-11,13-15H2,1-2H3. The molecule has 0 fully saturated rings. The maximum absolute atomic E-state index is 12.8. The Morgan fingerprint density at radius 2 is 1.92 bits per heavy atom. The summed E-state index contributed by atoms with van der Waals surface area (Å²) in [6, 6.07) is 13.7. The fraction of sp³-hybridized carbons (Fsp3) is 0.381. The minimum atomic E-state index is 0.0989. The van der Waals surface area contributed by atoms with E-state index in [1.54, 1.807) is 7.11 Å². The minimum Gasteiger partial charge on any atom is -0.497 e. The number of amides is 1. The van der Waals surface area contributed by atoms with Crippen LogP contribution in [0.5, 0.6) is 11.5 Å². The van der Waals surface area contributed by atoms with Crippen molar-refractivity contribution >= 4 is 5.91 Å². The number of hydrogen-bond acceptors (Lipinski definition) is 4. The van der Waals surface area contributed by atoms with Crippen molar-refractivity contribution in [3.05, 3.63) is 59.2 Å². The lowest BCUT2D eigenvalue weighted by Crippen LogP contribution is -2.33. The van der Waals surface area contributed by atoms with E-state index in [2.05, 4.69) is 6.07 Å². The summed E-state index contributed by atoms with van der Waals surface area (Å²) in [6.45, 7) is 4.89. The molecule has 2 aromatic rings. The quantitative estimate of drug-likeness (QED) is 0.798. The number of carbonyl (C=O) groups excluding carboxylic acids is 1. The van der Waals surface area contributed by atoms with E-state index in [4.69, 9.17) is 14.2 Å². The first kappa shape index (κ1) is 18.3. The third-order valence-electron chi connectivity index (χ3n) is 4.44. The largest absolute Gasteiger partial charge is 0.497 e. The smallest absolute Gasteiger partial charge is 0.227 e. The summed E-state index contributed by atoms with van der Waals surface area (Å²) in [5.74, 6) is 1.74. The second-order valence-corrected chi connectivity index (χ2v) is 6.27. The van der Waals surface area contributed by atoms with Crippen LogP contribution in [0, 0.1) is 0 Å². The lowest BCUT2D eigenvalue weighted by Gasteiger charge is -2.20. The van der Waals surface area contributed by atoms with Crippen molar-refractivity contribution in [3.8, 4) is 11.5 Å². The molecule has 0 saturated heterocycles. The second-order valence-electron chi connectivity index (χ2n) is 6.27. The van der Waals surface area contributed by atoms with Crippen LogP contribution in [-0.4, -0.2) is 37.7 Å². The molecule has 0 radical (unpaired) electrons. The van der Waals surface area contributed by atoms with Crippen LogP contribution in [0.2, 0.25) is 0 Å². The van der Waals surface area contributed by atoms with Gasteiger partial charge in [0.1, 0.15) is 18.1 Å². The number of methoxy groups -OCH3 is 1. The van der Waals surface area contributed by atoms with E-state index in [-0.39, 0.29) is 5.91 Å². The van der Waals surface area contributed by atoms with Gasteiger partial charge in [0.15, 0.2) is 0 Å². The highest BCUT2D eigenvalue weighted by atomic mass is 16.5. The zero-order valence-electron chi connectivity index (χ0n) is 15.4. The number of rotatable bonds is 6. The molecule has 138 valence electrons. The summed E-state index contributed by atoms with van der Waals surface area (Å²) in [7, 11) is 1.63. The predicted octanol–water partition coefficient (Wildman–Crippen LogP) is 3.20. The molecule has 0 spiro atoms. The summed E-state index contributed by atoms with van der Waals surface area (Å²) < 4.78 is 16.5. The Morgan fingerprint density at radius 3 is 2.65 bits per heavy atom. The van der Waals surface area contributed by atoms with E-state index >= 15 is 0 Å². The Hall–Kier alpha value is -2.53. The Morgan fingerprint density at radius 1 is 1.15 bits per heavy atom. The fourth-order valence-electron chi connectivity index (χ4n) is 3.00. The van der Waals surface area contributed by atoms with Crippen LogP contribution in [0.1, 0.15) is 23.6 Å². The van der Waals surface area contributed by atoms with Gasteiger partial charge in [-0.15, -0.1) is 0 Å². The molecule has 0 aliphatic carbocycles. The SMILES string of the molecule is CCOCc1ccc2c(c1)CN(C(=O)Cc1ccc(OC)cc1)CCO2. The molecule has 2 aromatic carbocycles. The topological polar surface area (TPSA) is 48.0 Å². The van der Waals surface area contributed by atoms with Crippen molar-refractivity contribution in [2.75, 3.05) is 26.9 Å². The Balaban J connectivity index is 1.69. The lowest BCUT2D eigenvalue weighted by molar-refractivity contribution is -0.131. The van der Waals surface area contributed by atoms with Gasteiger partial charge in [0.05, 0.1) is 26.7 Å². The monoisotopic (exact) mass is 355 g/mol. The first-order chi connectivity index (χ1) is 12.7. The van der Waals surface area contributed by atoms with E-state index in [0.717, 1.165) is 28.2 Å². The van der Waals surface area contributed by atoms with Crippen molar-refractivity contribution in [2.45, 2.75) is 26.5 Å². The molecule has 0 aromatic heterocycles. The normalized spacial score (nSPS) is 13.5. The van der Waals surface area contributed by atoms with Crippen LogP contribution in [0.15, 0.2) is 42.5 Å². The molecule has 0 unspecified atom stereocenters. The third-order valence-corrected chi connectivity index (χ3v) is 4.44. The van der Waals surface area contributed by atoms with Gasteiger partial charge < -0.3 is 19.1 Å². The molecule has 0 bridgehead atoms. The minimum absolute atomic E-state index is 0.0989. The molecule has 1 amide bonds. The molecule has 1 heterocycles. The third kappa shape index (κ3) is 4.55. The second kappa shape index (κ2) is 8.72. The molecule has 5 nitrogen and oxygen atoms in total. The molecule has 1 aliphatic rings. The summed E-state index contributed by atoms with van der Waals surface area (Å²) >= 11 is 0. The first-order valence-corrected chi connectivity index (χ1v) is 8.92. The van der Waals surface area contributed by atoms with E-state index in [1.165, 1.54) is 0 Å². The summed E-state index contributed by atoms with van der Waals surface area (Å²) in [6.07, 6.45) is 0.373. The fourth-order valence-corrected chi connectivity index (χ4v) is 3.00. The molecule has 3 rings (SSSR count). The van der Waals surface area contributed by atoms with Crippen LogP contribution in [0.3, 0.4) is 0 Å². The molecule has 0 saturated carbocycles. The van der Waals surface area contributed by atoms with Gasteiger partial charge >= 0.3 is 0 Å². The number of ether oxygens (including phenoxy) is 3. The van der Waals surface area contributed by atoms with E-state index < -0.39 is 0 Å². The van der Waals surface area contributed by atoms with Gasteiger partial charge in [-0.25, -0.2) is 0 Å². The van der Waals surface area contributed by atoms with Gasteiger partial charge in [0.25, 0.3) is 0 Å². The number of hydrogen-bond donors (Lipinski definition) is 0. The first-order valence-electron chi connectivity index (χ1n) is 8.92. The van der Waals surface area contributed by atoms with Gasteiger partial charge in [-0.05, 0) is 42.3 Å². The Labute approximate surface area is 154 Å². The lowest BCUT2D eigenvalue weighted by atomic mass is 10.1. The van der Waals surface area contributed by atoms with Crippen LogP contribution < -0.4 is 9.47 Å². The average molecular weight is 355 g/mol. The summed E-state index contributed by atoms with van der Waals surface area (Å²) in [5, 5.41) is 0.